The Labute approximate surface area is 176 Å². The highest BCUT2D eigenvalue weighted by Crippen LogP contribution is 2.24. The molecule has 1 amide bonds. The minimum absolute atomic E-state index is 0.215. The maximum Gasteiger partial charge on any atom is 0.488 e. The summed E-state index contributed by atoms with van der Waals surface area (Å²) in [6.07, 6.45) is 1.49. The molecule has 4 rings (SSSR count). The molecule has 2 heterocycles. The lowest BCUT2D eigenvalue weighted by molar-refractivity contribution is 0.100. The number of primary amides is 1. The summed E-state index contributed by atoms with van der Waals surface area (Å²) in [7, 11) is -0.0537. The number of hydrogen-bond donors (Lipinski definition) is 4. The Balaban J connectivity index is 1.67. The van der Waals surface area contributed by atoms with E-state index in [4.69, 9.17) is 10.5 Å². The number of ether oxygens (including phenoxy) is 1. The molecule has 11 nitrogen and oxygen atoms in total. The molecule has 12 heteroatoms. The van der Waals surface area contributed by atoms with Crippen molar-refractivity contribution in [1.82, 2.24) is 25.0 Å². The molecule has 31 heavy (non-hydrogen) atoms. The van der Waals surface area contributed by atoms with Gasteiger partial charge in [0.05, 0.1) is 24.4 Å². The minimum atomic E-state index is -1.55. The number of fused-ring (bicyclic) bond motifs is 1. The standard InChI is InChI=1S/C19H18BN7O4/c1-31-15-10-23-19(27-14-7-3-6-13(17(21)28)16(14)25-26-27)24-18(15)22-9-11-4-2-5-12(8-11)20(29)30/h2-8,10,29-30H,9H2,1H3,(H2,21,28)(H,22,23,24). The van der Waals surface area contributed by atoms with Gasteiger partial charge in [0.15, 0.2) is 11.6 Å². The molecule has 0 saturated carbocycles. The van der Waals surface area contributed by atoms with E-state index < -0.39 is 13.0 Å². The fourth-order valence-corrected chi connectivity index (χ4v) is 3.08. The summed E-state index contributed by atoms with van der Waals surface area (Å²) >= 11 is 0. The van der Waals surface area contributed by atoms with E-state index in [0.717, 1.165) is 5.56 Å². The number of amides is 1. The number of methoxy groups -OCH3 is 1. The first-order valence-corrected chi connectivity index (χ1v) is 9.22. The van der Waals surface area contributed by atoms with Crippen molar-refractivity contribution in [3.63, 3.8) is 0 Å². The van der Waals surface area contributed by atoms with Crippen molar-refractivity contribution in [1.29, 1.82) is 0 Å². The van der Waals surface area contributed by atoms with Crippen LogP contribution in [0.3, 0.4) is 0 Å². The van der Waals surface area contributed by atoms with Crippen LogP contribution in [0.4, 0.5) is 5.82 Å². The minimum Gasteiger partial charge on any atom is -0.491 e. The van der Waals surface area contributed by atoms with Gasteiger partial charge >= 0.3 is 7.12 Å². The zero-order chi connectivity index (χ0) is 22.0. The van der Waals surface area contributed by atoms with E-state index in [0.29, 0.717) is 34.6 Å². The zero-order valence-electron chi connectivity index (χ0n) is 16.4. The monoisotopic (exact) mass is 419 g/mol. The molecule has 0 atom stereocenters. The van der Waals surface area contributed by atoms with Crippen LogP contribution in [0.2, 0.25) is 0 Å². The van der Waals surface area contributed by atoms with Gasteiger partial charge in [-0.1, -0.05) is 35.5 Å². The summed E-state index contributed by atoms with van der Waals surface area (Å²) in [5.41, 5.74) is 7.73. The van der Waals surface area contributed by atoms with Crippen LogP contribution in [-0.4, -0.2) is 55.1 Å². The number of rotatable bonds is 7. The molecule has 0 bridgehead atoms. The SMILES string of the molecule is COc1cnc(-n2nnc3c(C(N)=O)cccc32)nc1NCc1cccc(B(O)O)c1. The Bertz CT molecular complexity index is 1260. The fraction of sp³-hybridized carbons (Fsp3) is 0.105. The van der Waals surface area contributed by atoms with E-state index in [2.05, 4.69) is 25.6 Å². The van der Waals surface area contributed by atoms with Gasteiger partial charge in [-0.15, -0.1) is 5.10 Å². The van der Waals surface area contributed by atoms with Crippen molar-refractivity contribution in [3.05, 3.63) is 59.8 Å². The maximum absolute atomic E-state index is 11.6. The lowest BCUT2D eigenvalue weighted by Crippen LogP contribution is -2.30. The first kappa shape index (κ1) is 20.3. The molecule has 4 aromatic rings. The molecule has 2 aromatic carbocycles. The van der Waals surface area contributed by atoms with Crippen molar-refractivity contribution in [2.75, 3.05) is 12.4 Å². The number of hydrogen-bond acceptors (Lipinski definition) is 9. The second-order valence-electron chi connectivity index (χ2n) is 6.60. The number of nitrogens with two attached hydrogens (primary N) is 1. The van der Waals surface area contributed by atoms with Gasteiger partial charge in [-0.05, 0) is 23.2 Å². The summed E-state index contributed by atoms with van der Waals surface area (Å²) in [6.45, 7) is 0.345. The molecule has 0 aliphatic rings. The predicted molar refractivity (Wildman–Crippen MR) is 113 cm³/mol. The number of carbonyl (C=O) groups excluding carboxylic acids is 1. The average molecular weight is 419 g/mol. The Morgan fingerprint density at radius 2 is 2.06 bits per heavy atom. The van der Waals surface area contributed by atoms with Gasteiger partial charge in [-0.25, -0.2) is 4.98 Å². The van der Waals surface area contributed by atoms with Crippen LogP contribution in [0, 0.1) is 0 Å². The van der Waals surface area contributed by atoms with E-state index in [1.807, 2.05) is 6.07 Å². The summed E-state index contributed by atoms with van der Waals surface area (Å²) in [5.74, 6) is 0.416. The topological polar surface area (TPSA) is 161 Å². The Hall–Kier alpha value is -4.03. The first-order chi connectivity index (χ1) is 15.0. The van der Waals surface area contributed by atoms with E-state index in [1.165, 1.54) is 18.0 Å². The van der Waals surface area contributed by atoms with Crippen LogP contribution < -0.4 is 21.3 Å². The quantitative estimate of drug-likeness (QED) is 0.292. The Morgan fingerprint density at radius 1 is 1.26 bits per heavy atom. The molecular weight excluding hydrogens is 401 g/mol. The number of aromatic nitrogens is 5. The van der Waals surface area contributed by atoms with Gasteiger partial charge in [0.25, 0.3) is 11.9 Å². The van der Waals surface area contributed by atoms with Crippen molar-refractivity contribution in [2.24, 2.45) is 5.73 Å². The number of nitrogens with zero attached hydrogens (tertiary/aromatic N) is 5. The van der Waals surface area contributed by atoms with Gasteiger partial charge in [0, 0.05) is 6.54 Å². The van der Waals surface area contributed by atoms with Crippen molar-refractivity contribution < 1.29 is 19.6 Å². The number of carbonyl (C=O) groups is 1. The lowest BCUT2D eigenvalue weighted by Gasteiger charge is -2.12. The van der Waals surface area contributed by atoms with Crippen LogP contribution >= 0.6 is 0 Å². The predicted octanol–water partition coefficient (Wildman–Crippen LogP) is -0.390. The molecule has 0 aliphatic carbocycles. The third-order valence-electron chi connectivity index (χ3n) is 4.60. The number of nitrogens with one attached hydrogen (secondary N) is 1. The fourth-order valence-electron chi connectivity index (χ4n) is 3.08. The van der Waals surface area contributed by atoms with Crippen LogP contribution in [0.5, 0.6) is 5.75 Å². The van der Waals surface area contributed by atoms with Gasteiger partial charge in [-0.2, -0.15) is 9.67 Å². The third-order valence-corrected chi connectivity index (χ3v) is 4.60. The van der Waals surface area contributed by atoms with Crippen LogP contribution in [0.15, 0.2) is 48.7 Å². The smallest absolute Gasteiger partial charge is 0.488 e. The summed E-state index contributed by atoms with van der Waals surface area (Å²) in [6, 6.07) is 11.8. The van der Waals surface area contributed by atoms with E-state index in [1.54, 1.807) is 36.4 Å². The highest BCUT2D eigenvalue weighted by molar-refractivity contribution is 6.58. The Morgan fingerprint density at radius 3 is 2.81 bits per heavy atom. The van der Waals surface area contributed by atoms with Crippen molar-refractivity contribution in [3.8, 4) is 11.7 Å². The van der Waals surface area contributed by atoms with Crippen LogP contribution in [0.1, 0.15) is 15.9 Å². The second kappa shape index (κ2) is 8.38. The normalized spacial score (nSPS) is 10.8. The Kier molecular flexibility index (Phi) is 5.47. The summed E-state index contributed by atoms with van der Waals surface area (Å²) < 4.78 is 6.73. The van der Waals surface area contributed by atoms with Gasteiger partial charge in [-0.3, -0.25) is 4.79 Å². The average Bonchev–Trinajstić information content (AvgIpc) is 3.21. The van der Waals surface area contributed by atoms with Crippen molar-refractivity contribution >= 4 is 35.3 Å². The van der Waals surface area contributed by atoms with Gasteiger partial charge in [0.2, 0.25) is 0 Å². The highest BCUT2D eigenvalue weighted by Gasteiger charge is 2.17. The molecular formula is C19H18BN7O4. The summed E-state index contributed by atoms with van der Waals surface area (Å²) in [5, 5.41) is 30.0. The molecule has 0 spiro atoms. The lowest BCUT2D eigenvalue weighted by atomic mass is 9.80. The summed E-state index contributed by atoms with van der Waals surface area (Å²) in [4.78, 5) is 20.4. The maximum atomic E-state index is 11.6. The molecule has 0 fully saturated rings. The number of benzene rings is 2. The molecule has 0 unspecified atom stereocenters. The zero-order valence-corrected chi connectivity index (χ0v) is 16.4. The van der Waals surface area contributed by atoms with Gasteiger partial charge in [0.1, 0.15) is 5.52 Å². The van der Waals surface area contributed by atoms with Crippen molar-refractivity contribution in [2.45, 2.75) is 6.54 Å². The molecule has 0 saturated heterocycles. The first-order valence-electron chi connectivity index (χ1n) is 9.22. The third kappa shape index (κ3) is 4.02. The molecule has 156 valence electrons. The van der Waals surface area contributed by atoms with Crippen LogP contribution in [0.25, 0.3) is 17.0 Å². The van der Waals surface area contributed by atoms with E-state index in [-0.39, 0.29) is 11.5 Å². The van der Waals surface area contributed by atoms with Crippen LogP contribution in [-0.2, 0) is 6.54 Å². The van der Waals surface area contributed by atoms with E-state index in [9.17, 15) is 14.8 Å². The van der Waals surface area contributed by atoms with E-state index >= 15 is 0 Å². The van der Waals surface area contributed by atoms with Gasteiger partial charge < -0.3 is 25.8 Å². The molecule has 0 radical (unpaired) electrons. The largest absolute Gasteiger partial charge is 0.491 e. The highest BCUT2D eigenvalue weighted by atomic mass is 16.5. The molecule has 0 aliphatic heterocycles. The molecule has 5 N–H and O–H groups in total. The second-order valence-corrected chi connectivity index (χ2v) is 6.60. The molecule has 2 aromatic heterocycles. The number of anilines is 1.